The SMILES string of the molecule is CCOC(=O)CCN1CCNCCCNCCNC1. The van der Waals surface area contributed by atoms with Crippen LogP contribution in [-0.2, 0) is 9.53 Å². The van der Waals surface area contributed by atoms with Gasteiger partial charge in [0.1, 0.15) is 0 Å². The molecule has 0 aromatic rings. The lowest BCUT2D eigenvalue weighted by Crippen LogP contribution is -2.43. The van der Waals surface area contributed by atoms with E-state index in [1.807, 2.05) is 6.92 Å². The first kappa shape index (κ1) is 16.4. The van der Waals surface area contributed by atoms with Crippen LogP contribution >= 0.6 is 0 Å². The number of hydrogen-bond donors (Lipinski definition) is 3. The molecule has 1 aliphatic rings. The maximum atomic E-state index is 11.4. The van der Waals surface area contributed by atoms with Crippen molar-refractivity contribution in [3.8, 4) is 0 Å². The normalized spacial score (nSPS) is 20.3. The summed E-state index contributed by atoms with van der Waals surface area (Å²) >= 11 is 0. The highest BCUT2D eigenvalue weighted by Crippen LogP contribution is 1.93. The van der Waals surface area contributed by atoms with Gasteiger partial charge < -0.3 is 20.7 Å². The highest BCUT2D eigenvalue weighted by atomic mass is 16.5. The number of nitrogens with one attached hydrogen (secondary N) is 3. The van der Waals surface area contributed by atoms with Crippen molar-refractivity contribution in [1.82, 2.24) is 20.9 Å². The maximum absolute atomic E-state index is 11.4. The zero-order chi connectivity index (χ0) is 13.8. The zero-order valence-electron chi connectivity index (χ0n) is 12.0. The van der Waals surface area contributed by atoms with Crippen LogP contribution in [0.3, 0.4) is 0 Å². The molecule has 0 radical (unpaired) electrons. The minimum absolute atomic E-state index is 0.108. The summed E-state index contributed by atoms with van der Waals surface area (Å²) < 4.78 is 4.96. The van der Waals surface area contributed by atoms with Crippen LogP contribution in [0.5, 0.6) is 0 Å². The summed E-state index contributed by atoms with van der Waals surface area (Å²) in [5, 5.41) is 10.2. The molecule has 0 amide bonds. The molecule has 0 bridgehead atoms. The number of carbonyl (C=O) groups excluding carboxylic acids is 1. The molecule has 112 valence electrons. The molecule has 1 aliphatic heterocycles. The first-order valence-corrected chi connectivity index (χ1v) is 7.33. The Morgan fingerprint density at radius 2 is 1.84 bits per heavy atom. The molecule has 0 saturated carbocycles. The highest BCUT2D eigenvalue weighted by molar-refractivity contribution is 5.69. The van der Waals surface area contributed by atoms with Crippen molar-refractivity contribution in [2.24, 2.45) is 0 Å². The summed E-state index contributed by atoms with van der Waals surface area (Å²) in [7, 11) is 0. The molecule has 6 heteroatoms. The van der Waals surface area contributed by atoms with E-state index in [1.54, 1.807) is 0 Å². The molecular weight excluding hydrogens is 244 g/mol. The van der Waals surface area contributed by atoms with E-state index in [-0.39, 0.29) is 5.97 Å². The second-order valence-corrected chi connectivity index (χ2v) is 4.68. The molecule has 1 saturated heterocycles. The van der Waals surface area contributed by atoms with Gasteiger partial charge in [0.15, 0.2) is 0 Å². The van der Waals surface area contributed by atoms with Crippen LogP contribution < -0.4 is 16.0 Å². The largest absolute Gasteiger partial charge is 0.466 e. The summed E-state index contributed by atoms with van der Waals surface area (Å²) in [6, 6.07) is 0. The minimum Gasteiger partial charge on any atom is -0.466 e. The minimum atomic E-state index is -0.108. The number of ether oxygens (including phenoxy) is 1. The van der Waals surface area contributed by atoms with Crippen LogP contribution in [0.4, 0.5) is 0 Å². The van der Waals surface area contributed by atoms with Gasteiger partial charge in [0.2, 0.25) is 0 Å². The van der Waals surface area contributed by atoms with Gasteiger partial charge in [-0.1, -0.05) is 0 Å². The second kappa shape index (κ2) is 11.2. The van der Waals surface area contributed by atoms with Gasteiger partial charge in [-0.15, -0.1) is 0 Å². The van der Waals surface area contributed by atoms with Crippen molar-refractivity contribution in [3.63, 3.8) is 0 Å². The molecule has 6 nitrogen and oxygen atoms in total. The van der Waals surface area contributed by atoms with Crippen LogP contribution in [-0.4, -0.2) is 70.0 Å². The van der Waals surface area contributed by atoms with Crippen LogP contribution in [0, 0.1) is 0 Å². The fourth-order valence-corrected chi connectivity index (χ4v) is 1.99. The van der Waals surface area contributed by atoms with Crippen LogP contribution in [0.2, 0.25) is 0 Å². The van der Waals surface area contributed by atoms with Gasteiger partial charge in [0.25, 0.3) is 0 Å². The quantitative estimate of drug-likeness (QED) is 0.592. The standard InChI is InChI=1S/C13H28N4O2/c1-2-19-13(18)4-10-17-11-9-15-6-3-5-14-7-8-16-12-17/h14-16H,2-12H2,1H3. The van der Waals surface area contributed by atoms with Gasteiger partial charge in [-0.2, -0.15) is 0 Å². The van der Waals surface area contributed by atoms with Gasteiger partial charge in [0.05, 0.1) is 13.0 Å². The number of carbonyl (C=O) groups is 1. The first-order valence-electron chi connectivity index (χ1n) is 7.33. The van der Waals surface area contributed by atoms with E-state index in [4.69, 9.17) is 4.74 Å². The van der Waals surface area contributed by atoms with E-state index in [0.29, 0.717) is 13.0 Å². The third-order valence-electron chi connectivity index (χ3n) is 3.06. The van der Waals surface area contributed by atoms with E-state index in [9.17, 15) is 4.79 Å². The molecule has 0 aromatic carbocycles. The summed E-state index contributed by atoms with van der Waals surface area (Å²) in [5.74, 6) is -0.108. The summed E-state index contributed by atoms with van der Waals surface area (Å²) in [4.78, 5) is 13.6. The summed E-state index contributed by atoms with van der Waals surface area (Å²) in [6.07, 6.45) is 1.62. The Morgan fingerprint density at radius 3 is 2.63 bits per heavy atom. The third-order valence-corrected chi connectivity index (χ3v) is 3.06. The van der Waals surface area contributed by atoms with Gasteiger partial charge in [-0.25, -0.2) is 0 Å². The Morgan fingerprint density at radius 1 is 1.11 bits per heavy atom. The fraction of sp³-hybridized carbons (Fsp3) is 0.923. The van der Waals surface area contributed by atoms with Crippen molar-refractivity contribution in [3.05, 3.63) is 0 Å². The Kier molecular flexibility index (Phi) is 9.61. The van der Waals surface area contributed by atoms with E-state index in [0.717, 1.165) is 58.9 Å². The summed E-state index contributed by atoms with van der Waals surface area (Å²) in [5.41, 5.74) is 0. The van der Waals surface area contributed by atoms with Crippen molar-refractivity contribution < 1.29 is 9.53 Å². The van der Waals surface area contributed by atoms with Gasteiger partial charge in [-0.05, 0) is 26.4 Å². The zero-order valence-corrected chi connectivity index (χ0v) is 12.0. The molecule has 19 heavy (non-hydrogen) atoms. The predicted molar refractivity (Wildman–Crippen MR) is 76.0 cm³/mol. The Hall–Kier alpha value is -0.690. The molecule has 0 aliphatic carbocycles. The lowest BCUT2D eigenvalue weighted by molar-refractivity contribution is -0.143. The molecule has 0 aromatic heterocycles. The molecule has 0 atom stereocenters. The lowest BCUT2D eigenvalue weighted by atomic mass is 10.3. The van der Waals surface area contributed by atoms with E-state index >= 15 is 0 Å². The molecule has 0 unspecified atom stereocenters. The smallest absolute Gasteiger partial charge is 0.307 e. The number of esters is 1. The molecule has 3 N–H and O–H groups in total. The van der Waals surface area contributed by atoms with Crippen molar-refractivity contribution >= 4 is 5.97 Å². The Balaban J connectivity index is 2.24. The van der Waals surface area contributed by atoms with Crippen molar-refractivity contribution in [2.75, 3.05) is 59.1 Å². The second-order valence-electron chi connectivity index (χ2n) is 4.68. The average molecular weight is 272 g/mol. The molecule has 1 rings (SSSR count). The van der Waals surface area contributed by atoms with Gasteiger partial charge in [-0.3, -0.25) is 9.69 Å². The fourth-order valence-electron chi connectivity index (χ4n) is 1.99. The molecular formula is C13H28N4O2. The van der Waals surface area contributed by atoms with Crippen LogP contribution in [0.25, 0.3) is 0 Å². The number of rotatable bonds is 4. The predicted octanol–water partition coefficient (Wildman–Crippen LogP) is -0.628. The molecule has 0 spiro atoms. The van der Waals surface area contributed by atoms with Crippen LogP contribution in [0.1, 0.15) is 19.8 Å². The third kappa shape index (κ3) is 8.93. The number of hydrogen-bond acceptors (Lipinski definition) is 6. The maximum Gasteiger partial charge on any atom is 0.307 e. The van der Waals surface area contributed by atoms with Crippen molar-refractivity contribution in [2.45, 2.75) is 19.8 Å². The molecule has 1 heterocycles. The molecule has 1 fully saturated rings. The van der Waals surface area contributed by atoms with Gasteiger partial charge in [0, 0.05) is 39.4 Å². The Bertz CT molecular complexity index is 227. The number of nitrogens with zero attached hydrogens (tertiary/aromatic N) is 1. The first-order chi connectivity index (χ1) is 9.33. The monoisotopic (exact) mass is 272 g/mol. The van der Waals surface area contributed by atoms with E-state index in [1.165, 1.54) is 0 Å². The highest BCUT2D eigenvalue weighted by Gasteiger charge is 2.08. The van der Waals surface area contributed by atoms with Crippen molar-refractivity contribution in [1.29, 1.82) is 0 Å². The van der Waals surface area contributed by atoms with Gasteiger partial charge >= 0.3 is 5.97 Å². The topological polar surface area (TPSA) is 65.6 Å². The Labute approximate surface area is 116 Å². The van der Waals surface area contributed by atoms with Crippen LogP contribution in [0.15, 0.2) is 0 Å². The average Bonchev–Trinajstić information content (AvgIpc) is 2.38. The van der Waals surface area contributed by atoms with E-state index in [2.05, 4.69) is 20.9 Å². The summed E-state index contributed by atoms with van der Waals surface area (Å²) in [6.45, 7) is 9.87. The van der Waals surface area contributed by atoms with E-state index < -0.39 is 0 Å². The lowest BCUT2D eigenvalue weighted by Gasteiger charge is -2.23.